The van der Waals surface area contributed by atoms with E-state index >= 15 is 0 Å². The summed E-state index contributed by atoms with van der Waals surface area (Å²) in [5, 5.41) is 6.43. The molecule has 3 rings (SSSR count). The minimum absolute atomic E-state index is 0.0520. The van der Waals surface area contributed by atoms with Gasteiger partial charge in [-0.05, 0) is 24.9 Å². The lowest BCUT2D eigenvalue weighted by Crippen LogP contribution is -2.50. The SMILES string of the molecule is CC1CCNCC1NC(=O)CCc1ncc(-c2ccccc2Br)o1. The second-order valence-electron chi connectivity index (χ2n) is 6.24. The summed E-state index contributed by atoms with van der Waals surface area (Å²) in [6, 6.07) is 8.06. The first kappa shape index (κ1) is 17.2. The van der Waals surface area contributed by atoms with Gasteiger partial charge in [0.2, 0.25) is 5.91 Å². The van der Waals surface area contributed by atoms with E-state index in [-0.39, 0.29) is 11.9 Å². The van der Waals surface area contributed by atoms with Crippen LogP contribution in [0.4, 0.5) is 0 Å². The van der Waals surface area contributed by atoms with Crippen LogP contribution in [0, 0.1) is 5.92 Å². The highest BCUT2D eigenvalue weighted by atomic mass is 79.9. The summed E-state index contributed by atoms with van der Waals surface area (Å²) in [5.74, 6) is 1.86. The highest BCUT2D eigenvalue weighted by molar-refractivity contribution is 9.10. The Balaban J connectivity index is 1.54. The van der Waals surface area contributed by atoms with Gasteiger partial charge < -0.3 is 15.1 Å². The van der Waals surface area contributed by atoms with Crippen molar-refractivity contribution in [2.24, 2.45) is 5.92 Å². The van der Waals surface area contributed by atoms with Crippen molar-refractivity contribution in [3.8, 4) is 11.3 Å². The Kier molecular flexibility index (Phi) is 5.68. The van der Waals surface area contributed by atoms with E-state index in [1.165, 1.54) is 0 Å². The predicted molar refractivity (Wildman–Crippen MR) is 96.5 cm³/mol. The number of piperidine rings is 1. The van der Waals surface area contributed by atoms with E-state index in [4.69, 9.17) is 4.42 Å². The van der Waals surface area contributed by atoms with Gasteiger partial charge in [-0.15, -0.1) is 0 Å². The van der Waals surface area contributed by atoms with Gasteiger partial charge >= 0.3 is 0 Å². The number of hydrogen-bond acceptors (Lipinski definition) is 4. The summed E-state index contributed by atoms with van der Waals surface area (Å²) in [6.45, 7) is 4.06. The Morgan fingerprint density at radius 2 is 2.29 bits per heavy atom. The number of halogens is 1. The van der Waals surface area contributed by atoms with Crippen LogP contribution in [-0.4, -0.2) is 30.0 Å². The first-order valence-corrected chi connectivity index (χ1v) is 9.12. The molecule has 2 N–H and O–H groups in total. The van der Waals surface area contributed by atoms with Crippen molar-refractivity contribution >= 4 is 21.8 Å². The minimum atomic E-state index is 0.0520. The average molecular weight is 392 g/mol. The van der Waals surface area contributed by atoms with Gasteiger partial charge in [0, 0.05) is 35.5 Å². The molecular formula is C18H22BrN3O2. The van der Waals surface area contributed by atoms with Gasteiger partial charge in [-0.3, -0.25) is 4.79 Å². The number of nitrogens with zero attached hydrogens (tertiary/aromatic N) is 1. The Hall–Kier alpha value is -1.66. The summed E-state index contributed by atoms with van der Waals surface area (Å²) in [4.78, 5) is 16.4. The van der Waals surface area contributed by atoms with Crippen LogP contribution >= 0.6 is 15.9 Å². The third-order valence-electron chi connectivity index (χ3n) is 4.43. The molecule has 1 aromatic carbocycles. The predicted octanol–water partition coefficient (Wildman–Crippen LogP) is 3.15. The molecule has 0 bridgehead atoms. The van der Waals surface area contributed by atoms with Crippen molar-refractivity contribution in [2.45, 2.75) is 32.2 Å². The van der Waals surface area contributed by atoms with Crippen LogP contribution in [-0.2, 0) is 11.2 Å². The van der Waals surface area contributed by atoms with Crippen LogP contribution in [0.25, 0.3) is 11.3 Å². The summed E-state index contributed by atoms with van der Waals surface area (Å²) in [6.07, 6.45) is 3.70. The molecular weight excluding hydrogens is 370 g/mol. The van der Waals surface area contributed by atoms with E-state index in [1.54, 1.807) is 6.20 Å². The fourth-order valence-corrected chi connectivity index (χ4v) is 3.37. The Labute approximate surface area is 150 Å². The topological polar surface area (TPSA) is 67.2 Å². The quantitative estimate of drug-likeness (QED) is 0.821. The summed E-state index contributed by atoms with van der Waals surface area (Å²) in [7, 11) is 0. The zero-order chi connectivity index (χ0) is 16.9. The zero-order valence-electron chi connectivity index (χ0n) is 13.7. The molecule has 1 amide bonds. The van der Waals surface area contributed by atoms with Crippen molar-refractivity contribution in [3.05, 3.63) is 40.8 Å². The van der Waals surface area contributed by atoms with Crippen LogP contribution in [0.3, 0.4) is 0 Å². The molecule has 0 saturated carbocycles. The lowest BCUT2D eigenvalue weighted by Gasteiger charge is -2.30. The summed E-state index contributed by atoms with van der Waals surface area (Å²) < 4.78 is 6.74. The number of benzene rings is 1. The number of rotatable bonds is 5. The maximum absolute atomic E-state index is 12.1. The number of hydrogen-bond donors (Lipinski definition) is 2. The zero-order valence-corrected chi connectivity index (χ0v) is 15.3. The molecule has 0 radical (unpaired) electrons. The number of nitrogens with one attached hydrogen (secondary N) is 2. The molecule has 0 spiro atoms. The van der Waals surface area contributed by atoms with E-state index in [2.05, 4.69) is 38.5 Å². The number of carbonyl (C=O) groups is 1. The van der Waals surface area contributed by atoms with Gasteiger partial charge in [-0.25, -0.2) is 4.98 Å². The fraction of sp³-hybridized carbons (Fsp3) is 0.444. The molecule has 1 saturated heterocycles. The van der Waals surface area contributed by atoms with Gasteiger partial charge in [-0.2, -0.15) is 0 Å². The van der Waals surface area contributed by atoms with E-state index in [0.717, 1.165) is 29.5 Å². The van der Waals surface area contributed by atoms with Crippen LogP contribution in [0.2, 0.25) is 0 Å². The normalized spacial score (nSPS) is 20.8. The van der Waals surface area contributed by atoms with Crippen molar-refractivity contribution in [1.82, 2.24) is 15.6 Å². The average Bonchev–Trinajstić information content (AvgIpc) is 3.04. The maximum Gasteiger partial charge on any atom is 0.220 e. The molecule has 1 aromatic heterocycles. The molecule has 2 atom stereocenters. The van der Waals surface area contributed by atoms with Gasteiger partial charge in [0.25, 0.3) is 0 Å². The lowest BCUT2D eigenvalue weighted by molar-refractivity contribution is -0.122. The van der Waals surface area contributed by atoms with Crippen LogP contribution in [0.5, 0.6) is 0 Å². The molecule has 2 aromatic rings. The molecule has 6 heteroatoms. The molecule has 5 nitrogen and oxygen atoms in total. The Morgan fingerprint density at radius 3 is 3.08 bits per heavy atom. The van der Waals surface area contributed by atoms with E-state index in [0.29, 0.717) is 30.4 Å². The van der Waals surface area contributed by atoms with Crippen molar-refractivity contribution in [1.29, 1.82) is 0 Å². The van der Waals surface area contributed by atoms with Crippen LogP contribution in [0.15, 0.2) is 39.4 Å². The molecule has 2 unspecified atom stereocenters. The Morgan fingerprint density at radius 1 is 1.46 bits per heavy atom. The number of aryl methyl sites for hydroxylation is 1. The van der Waals surface area contributed by atoms with Crippen molar-refractivity contribution in [3.63, 3.8) is 0 Å². The first-order chi connectivity index (χ1) is 11.6. The monoisotopic (exact) mass is 391 g/mol. The minimum Gasteiger partial charge on any atom is -0.441 e. The fourth-order valence-electron chi connectivity index (χ4n) is 2.89. The number of oxazole rings is 1. The molecule has 128 valence electrons. The summed E-state index contributed by atoms with van der Waals surface area (Å²) >= 11 is 3.51. The van der Waals surface area contributed by atoms with Crippen LogP contribution < -0.4 is 10.6 Å². The van der Waals surface area contributed by atoms with Gasteiger partial charge in [0.15, 0.2) is 11.7 Å². The molecule has 1 fully saturated rings. The molecule has 1 aliphatic rings. The van der Waals surface area contributed by atoms with Crippen LogP contribution in [0.1, 0.15) is 25.7 Å². The second kappa shape index (κ2) is 7.94. The molecule has 2 heterocycles. The van der Waals surface area contributed by atoms with Crippen molar-refractivity contribution < 1.29 is 9.21 Å². The largest absolute Gasteiger partial charge is 0.441 e. The van der Waals surface area contributed by atoms with Gasteiger partial charge in [0.1, 0.15) is 0 Å². The lowest BCUT2D eigenvalue weighted by atomic mass is 9.95. The van der Waals surface area contributed by atoms with Gasteiger partial charge in [0.05, 0.1) is 6.20 Å². The maximum atomic E-state index is 12.1. The highest BCUT2D eigenvalue weighted by Gasteiger charge is 2.22. The first-order valence-electron chi connectivity index (χ1n) is 8.33. The third-order valence-corrected chi connectivity index (χ3v) is 5.12. The molecule has 0 aliphatic carbocycles. The molecule has 24 heavy (non-hydrogen) atoms. The highest BCUT2D eigenvalue weighted by Crippen LogP contribution is 2.28. The van der Waals surface area contributed by atoms with Gasteiger partial charge in [-0.1, -0.05) is 41.1 Å². The second-order valence-corrected chi connectivity index (χ2v) is 7.10. The molecule has 1 aliphatic heterocycles. The van der Waals surface area contributed by atoms with E-state index in [1.807, 2.05) is 24.3 Å². The standard InChI is InChI=1S/C18H22BrN3O2/c1-12-8-9-20-10-15(12)22-17(23)6-7-18-21-11-16(24-18)13-4-2-3-5-14(13)19/h2-5,11-12,15,20H,6-10H2,1H3,(H,22,23). The van der Waals surface area contributed by atoms with E-state index < -0.39 is 0 Å². The third kappa shape index (κ3) is 4.24. The summed E-state index contributed by atoms with van der Waals surface area (Å²) in [5.41, 5.74) is 0.961. The van der Waals surface area contributed by atoms with E-state index in [9.17, 15) is 4.79 Å². The number of aromatic nitrogens is 1. The number of carbonyl (C=O) groups excluding carboxylic acids is 1. The number of amides is 1. The smallest absolute Gasteiger partial charge is 0.220 e. The Bertz CT molecular complexity index is 701. The van der Waals surface area contributed by atoms with Crippen molar-refractivity contribution in [2.75, 3.05) is 13.1 Å².